The second kappa shape index (κ2) is 8.92. The highest BCUT2D eigenvalue weighted by Crippen LogP contribution is 2.28. The number of methoxy groups -OCH3 is 2. The average molecular weight is 405 g/mol. The summed E-state index contributed by atoms with van der Waals surface area (Å²) in [6.07, 6.45) is 0. The lowest BCUT2D eigenvalue weighted by atomic mass is 10.2. The van der Waals surface area contributed by atoms with Crippen molar-refractivity contribution in [1.29, 1.82) is 0 Å². The fourth-order valence-corrected chi connectivity index (χ4v) is 3.77. The number of carbonyl (C=O) groups excluding carboxylic acids is 1. The van der Waals surface area contributed by atoms with E-state index < -0.39 is 0 Å². The van der Waals surface area contributed by atoms with Crippen LogP contribution in [0.25, 0.3) is 10.7 Å². The van der Waals surface area contributed by atoms with E-state index in [4.69, 9.17) is 9.47 Å². The SMILES string of the molecule is COc1ccc(CNC(=O)[C@H](C)Sc2n[nH]c(-c3cccs3)n2)cc1OC. The smallest absolute Gasteiger partial charge is 0.233 e. The van der Waals surface area contributed by atoms with Gasteiger partial charge in [-0.05, 0) is 36.1 Å². The Labute approximate surface area is 165 Å². The van der Waals surface area contributed by atoms with Crippen LogP contribution in [0.2, 0.25) is 0 Å². The number of nitrogens with zero attached hydrogens (tertiary/aromatic N) is 2. The van der Waals surface area contributed by atoms with E-state index in [0.29, 0.717) is 29.0 Å². The molecule has 3 aromatic rings. The number of carbonyl (C=O) groups is 1. The van der Waals surface area contributed by atoms with Crippen LogP contribution < -0.4 is 14.8 Å². The lowest BCUT2D eigenvalue weighted by Crippen LogP contribution is -2.30. The zero-order valence-corrected chi connectivity index (χ0v) is 16.8. The zero-order chi connectivity index (χ0) is 19.2. The predicted molar refractivity (Wildman–Crippen MR) is 106 cm³/mol. The monoisotopic (exact) mass is 404 g/mol. The molecular formula is C18H20N4O3S2. The quantitative estimate of drug-likeness (QED) is 0.560. The summed E-state index contributed by atoms with van der Waals surface area (Å²) in [5.41, 5.74) is 0.927. The normalized spacial score (nSPS) is 11.8. The summed E-state index contributed by atoms with van der Waals surface area (Å²) in [5.74, 6) is 1.92. The van der Waals surface area contributed by atoms with Crippen molar-refractivity contribution >= 4 is 29.0 Å². The number of benzene rings is 1. The Bertz CT molecular complexity index is 896. The number of rotatable bonds is 8. The largest absolute Gasteiger partial charge is 0.493 e. The van der Waals surface area contributed by atoms with Crippen molar-refractivity contribution in [3.05, 3.63) is 41.3 Å². The van der Waals surface area contributed by atoms with E-state index in [9.17, 15) is 4.79 Å². The van der Waals surface area contributed by atoms with E-state index in [1.54, 1.807) is 25.6 Å². The Balaban J connectivity index is 1.55. The first-order valence-electron chi connectivity index (χ1n) is 8.22. The van der Waals surface area contributed by atoms with Crippen molar-refractivity contribution in [2.45, 2.75) is 23.9 Å². The Hall–Kier alpha value is -2.52. The number of hydrogen-bond donors (Lipinski definition) is 2. The van der Waals surface area contributed by atoms with E-state index in [1.807, 2.05) is 42.6 Å². The molecule has 0 unspecified atom stereocenters. The third kappa shape index (κ3) is 4.81. The Morgan fingerprint density at radius 3 is 2.81 bits per heavy atom. The van der Waals surface area contributed by atoms with Crippen LogP contribution in [0.4, 0.5) is 0 Å². The molecule has 9 heteroatoms. The van der Waals surface area contributed by atoms with E-state index in [2.05, 4.69) is 20.5 Å². The summed E-state index contributed by atoms with van der Waals surface area (Å²) >= 11 is 2.90. The van der Waals surface area contributed by atoms with Crippen molar-refractivity contribution < 1.29 is 14.3 Å². The summed E-state index contributed by atoms with van der Waals surface area (Å²) in [7, 11) is 3.17. The van der Waals surface area contributed by atoms with Gasteiger partial charge >= 0.3 is 0 Å². The van der Waals surface area contributed by atoms with Gasteiger partial charge < -0.3 is 14.8 Å². The fourth-order valence-electron chi connectivity index (χ4n) is 2.36. The summed E-state index contributed by atoms with van der Waals surface area (Å²) < 4.78 is 10.5. The van der Waals surface area contributed by atoms with Crippen molar-refractivity contribution in [3.8, 4) is 22.2 Å². The van der Waals surface area contributed by atoms with Crippen molar-refractivity contribution in [1.82, 2.24) is 20.5 Å². The minimum Gasteiger partial charge on any atom is -0.493 e. The standard InChI is InChI=1S/C18H20N4O3S2/c1-11(27-18-20-16(21-22-18)15-5-4-8-26-15)17(23)19-10-12-6-7-13(24-2)14(9-12)25-3/h4-9,11H,10H2,1-3H3,(H,19,23)(H,20,21,22)/t11-/m0/s1. The van der Waals surface area contributed by atoms with E-state index >= 15 is 0 Å². The van der Waals surface area contributed by atoms with E-state index in [1.165, 1.54) is 11.8 Å². The highest BCUT2D eigenvalue weighted by atomic mass is 32.2. The molecule has 1 atom stereocenters. The first kappa shape index (κ1) is 19.2. The highest BCUT2D eigenvalue weighted by molar-refractivity contribution is 8.00. The van der Waals surface area contributed by atoms with Crippen molar-refractivity contribution in [2.24, 2.45) is 0 Å². The van der Waals surface area contributed by atoms with Gasteiger partial charge in [-0.15, -0.1) is 16.4 Å². The molecule has 0 radical (unpaired) electrons. The first-order chi connectivity index (χ1) is 13.1. The number of thioether (sulfide) groups is 1. The molecule has 0 saturated carbocycles. The van der Waals surface area contributed by atoms with Gasteiger partial charge in [0.2, 0.25) is 11.1 Å². The van der Waals surface area contributed by atoms with Gasteiger partial charge in [0.25, 0.3) is 0 Å². The summed E-state index contributed by atoms with van der Waals surface area (Å²) in [4.78, 5) is 17.8. The molecule has 1 amide bonds. The molecule has 27 heavy (non-hydrogen) atoms. The maximum atomic E-state index is 12.4. The molecule has 2 N–H and O–H groups in total. The molecule has 0 spiro atoms. The van der Waals surface area contributed by atoms with Gasteiger partial charge in [-0.25, -0.2) is 4.98 Å². The molecule has 0 saturated heterocycles. The molecule has 0 aliphatic rings. The van der Waals surface area contributed by atoms with Crippen LogP contribution in [0.5, 0.6) is 11.5 Å². The van der Waals surface area contributed by atoms with Crippen LogP contribution in [0.1, 0.15) is 12.5 Å². The summed E-state index contributed by atoms with van der Waals surface area (Å²) in [6, 6.07) is 9.48. The van der Waals surface area contributed by atoms with Crippen LogP contribution in [0.15, 0.2) is 40.9 Å². The molecule has 0 aliphatic heterocycles. The van der Waals surface area contributed by atoms with Gasteiger partial charge in [0.15, 0.2) is 17.3 Å². The summed E-state index contributed by atoms with van der Waals surface area (Å²) in [5, 5.41) is 12.2. The molecule has 0 fully saturated rings. The Morgan fingerprint density at radius 1 is 1.30 bits per heavy atom. The predicted octanol–water partition coefficient (Wildman–Crippen LogP) is 3.35. The van der Waals surface area contributed by atoms with Crippen molar-refractivity contribution in [2.75, 3.05) is 14.2 Å². The number of ether oxygens (including phenoxy) is 2. The number of amides is 1. The number of nitrogens with one attached hydrogen (secondary N) is 2. The maximum absolute atomic E-state index is 12.4. The molecule has 2 aromatic heterocycles. The molecule has 3 rings (SSSR count). The van der Waals surface area contributed by atoms with Gasteiger partial charge in [-0.2, -0.15) is 0 Å². The summed E-state index contributed by atoms with van der Waals surface area (Å²) in [6.45, 7) is 2.23. The molecule has 2 heterocycles. The second-order valence-corrected chi connectivity index (χ2v) is 7.87. The third-order valence-corrected chi connectivity index (χ3v) is 5.62. The van der Waals surface area contributed by atoms with Gasteiger partial charge in [-0.1, -0.05) is 23.9 Å². The molecule has 0 aliphatic carbocycles. The van der Waals surface area contributed by atoms with Gasteiger partial charge in [0.05, 0.1) is 24.3 Å². The average Bonchev–Trinajstić information content (AvgIpc) is 3.37. The number of aromatic nitrogens is 3. The van der Waals surface area contributed by atoms with Crippen LogP contribution >= 0.6 is 23.1 Å². The fraction of sp³-hybridized carbons (Fsp3) is 0.278. The van der Waals surface area contributed by atoms with Gasteiger partial charge in [0, 0.05) is 6.54 Å². The minimum absolute atomic E-state index is 0.0859. The van der Waals surface area contributed by atoms with Gasteiger partial charge in [-0.3, -0.25) is 9.89 Å². The topological polar surface area (TPSA) is 89.1 Å². The molecule has 0 bridgehead atoms. The number of thiophene rings is 1. The molecule has 7 nitrogen and oxygen atoms in total. The number of aromatic amines is 1. The zero-order valence-electron chi connectivity index (χ0n) is 15.2. The lowest BCUT2D eigenvalue weighted by molar-refractivity contribution is -0.120. The second-order valence-electron chi connectivity index (χ2n) is 5.61. The lowest BCUT2D eigenvalue weighted by Gasteiger charge is -2.12. The van der Waals surface area contributed by atoms with Gasteiger partial charge in [0.1, 0.15) is 0 Å². The highest BCUT2D eigenvalue weighted by Gasteiger charge is 2.17. The Kier molecular flexibility index (Phi) is 6.36. The molecule has 1 aromatic carbocycles. The number of hydrogen-bond acceptors (Lipinski definition) is 7. The van der Waals surface area contributed by atoms with Crippen LogP contribution in [-0.2, 0) is 11.3 Å². The van der Waals surface area contributed by atoms with Crippen molar-refractivity contribution in [3.63, 3.8) is 0 Å². The minimum atomic E-state index is -0.322. The third-order valence-electron chi connectivity index (χ3n) is 3.79. The Morgan fingerprint density at radius 2 is 2.11 bits per heavy atom. The molecule has 142 valence electrons. The van der Waals surface area contributed by atoms with E-state index in [-0.39, 0.29) is 11.2 Å². The van der Waals surface area contributed by atoms with Crippen LogP contribution in [-0.4, -0.2) is 40.6 Å². The number of H-pyrrole nitrogens is 1. The first-order valence-corrected chi connectivity index (χ1v) is 9.98. The van der Waals surface area contributed by atoms with Crippen LogP contribution in [0, 0.1) is 0 Å². The molecular weight excluding hydrogens is 384 g/mol. The maximum Gasteiger partial charge on any atom is 0.233 e. The van der Waals surface area contributed by atoms with Crippen LogP contribution in [0.3, 0.4) is 0 Å². The van der Waals surface area contributed by atoms with E-state index in [0.717, 1.165) is 10.4 Å².